The second-order valence-corrected chi connectivity index (χ2v) is 5.16. The maximum absolute atomic E-state index is 11.4. The topological polar surface area (TPSA) is 50.2 Å². The Morgan fingerprint density at radius 3 is 2.50 bits per heavy atom. The summed E-state index contributed by atoms with van der Waals surface area (Å²) in [7, 11) is 0. The lowest BCUT2D eigenvalue weighted by atomic mass is 10.1. The Labute approximate surface area is 128 Å². The Morgan fingerprint density at radius 2 is 1.77 bits per heavy atom. The Kier molecular flexibility index (Phi) is 3.71. The largest absolute Gasteiger partial charge is 0.478 e. The molecule has 0 aliphatic carbocycles. The summed E-state index contributed by atoms with van der Waals surface area (Å²) in [5, 5.41) is 10.0. The summed E-state index contributed by atoms with van der Waals surface area (Å²) in [6, 6.07) is 17.0. The number of benzene rings is 2. The molecule has 3 heteroatoms. The lowest BCUT2D eigenvalue weighted by Gasteiger charge is -2.04. The second-order valence-electron chi connectivity index (χ2n) is 5.16. The summed E-state index contributed by atoms with van der Waals surface area (Å²) < 4.78 is 0. The van der Waals surface area contributed by atoms with Gasteiger partial charge in [0.15, 0.2) is 0 Å². The number of aryl methyl sites for hydroxylation is 1. The smallest absolute Gasteiger partial charge is 0.336 e. The van der Waals surface area contributed by atoms with E-state index in [0.29, 0.717) is 16.6 Å². The molecule has 2 aromatic carbocycles. The molecular weight excluding hydrogens is 274 g/mol. The molecule has 0 bridgehead atoms. The molecule has 3 aromatic rings. The predicted octanol–water partition coefficient (Wildman–Crippen LogP) is 4.41. The number of pyridine rings is 1. The molecule has 0 saturated heterocycles. The van der Waals surface area contributed by atoms with Crippen LogP contribution in [0.4, 0.5) is 0 Å². The zero-order valence-corrected chi connectivity index (χ0v) is 12.2. The lowest BCUT2D eigenvalue weighted by Crippen LogP contribution is -2.00. The zero-order valence-electron chi connectivity index (χ0n) is 12.2. The number of fused-ring (bicyclic) bond motifs is 1. The maximum Gasteiger partial charge on any atom is 0.336 e. The standard InChI is InChI=1S/C19H15NO2/c1-13-6-8-14(9-7-13)10-11-15-12-17(19(21)22)16-4-2-3-5-18(16)20-15/h2-12H,1H3,(H,21,22)/b11-10+. The third-order valence-electron chi connectivity index (χ3n) is 3.49. The Hall–Kier alpha value is -2.94. The molecular formula is C19H15NO2. The number of carboxylic acids is 1. The summed E-state index contributed by atoms with van der Waals surface area (Å²) in [5.41, 5.74) is 3.85. The van der Waals surface area contributed by atoms with E-state index in [1.165, 1.54) is 5.56 Å². The summed E-state index contributed by atoms with van der Waals surface area (Å²) >= 11 is 0. The summed E-state index contributed by atoms with van der Waals surface area (Å²) in [4.78, 5) is 15.9. The summed E-state index contributed by atoms with van der Waals surface area (Å²) in [5.74, 6) is -0.941. The number of aromatic carboxylic acids is 1. The molecule has 3 rings (SSSR count). The average molecular weight is 289 g/mol. The molecule has 108 valence electrons. The SMILES string of the molecule is Cc1ccc(/C=C/c2cc(C(=O)O)c3ccccc3n2)cc1. The molecule has 0 aliphatic heterocycles. The minimum Gasteiger partial charge on any atom is -0.478 e. The molecule has 22 heavy (non-hydrogen) atoms. The van der Waals surface area contributed by atoms with Crippen LogP contribution in [0.25, 0.3) is 23.1 Å². The fourth-order valence-corrected chi connectivity index (χ4v) is 2.32. The van der Waals surface area contributed by atoms with E-state index in [-0.39, 0.29) is 5.56 Å². The van der Waals surface area contributed by atoms with E-state index < -0.39 is 5.97 Å². The van der Waals surface area contributed by atoms with Crippen LogP contribution >= 0.6 is 0 Å². The number of para-hydroxylation sites is 1. The number of hydrogen-bond acceptors (Lipinski definition) is 2. The molecule has 0 radical (unpaired) electrons. The number of nitrogens with zero attached hydrogens (tertiary/aromatic N) is 1. The molecule has 0 aliphatic rings. The first-order valence-corrected chi connectivity index (χ1v) is 7.01. The van der Waals surface area contributed by atoms with Crippen molar-refractivity contribution in [3.63, 3.8) is 0 Å². The van der Waals surface area contributed by atoms with Gasteiger partial charge in [0.1, 0.15) is 0 Å². The van der Waals surface area contributed by atoms with E-state index >= 15 is 0 Å². The third-order valence-corrected chi connectivity index (χ3v) is 3.49. The van der Waals surface area contributed by atoms with Gasteiger partial charge in [-0.05, 0) is 30.7 Å². The van der Waals surface area contributed by atoms with Gasteiger partial charge in [-0.3, -0.25) is 0 Å². The van der Waals surface area contributed by atoms with E-state index in [1.807, 2.05) is 61.5 Å². The van der Waals surface area contributed by atoms with Crippen molar-refractivity contribution >= 4 is 29.0 Å². The molecule has 0 fully saturated rings. The first kappa shape index (κ1) is 14.0. The van der Waals surface area contributed by atoms with Crippen LogP contribution in [0.1, 0.15) is 27.2 Å². The minimum absolute atomic E-state index is 0.272. The first-order valence-electron chi connectivity index (χ1n) is 7.01. The van der Waals surface area contributed by atoms with Crippen LogP contribution in [-0.4, -0.2) is 16.1 Å². The van der Waals surface area contributed by atoms with Crippen LogP contribution in [0.3, 0.4) is 0 Å². The van der Waals surface area contributed by atoms with Gasteiger partial charge >= 0.3 is 5.97 Å². The summed E-state index contributed by atoms with van der Waals surface area (Å²) in [6.07, 6.45) is 3.77. The normalized spacial score (nSPS) is 11.1. The molecule has 0 spiro atoms. The van der Waals surface area contributed by atoms with Crippen molar-refractivity contribution in [2.24, 2.45) is 0 Å². The number of aromatic nitrogens is 1. The van der Waals surface area contributed by atoms with E-state index in [4.69, 9.17) is 0 Å². The van der Waals surface area contributed by atoms with Crippen molar-refractivity contribution in [1.29, 1.82) is 0 Å². The Morgan fingerprint density at radius 1 is 1.05 bits per heavy atom. The highest BCUT2D eigenvalue weighted by molar-refractivity contribution is 6.03. The number of rotatable bonds is 3. The lowest BCUT2D eigenvalue weighted by molar-refractivity contribution is 0.0699. The van der Waals surface area contributed by atoms with E-state index in [0.717, 1.165) is 5.56 Å². The van der Waals surface area contributed by atoms with Gasteiger partial charge in [0, 0.05) is 5.39 Å². The third kappa shape index (κ3) is 2.88. The van der Waals surface area contributed by atoms with E-state index in [2.05, 4.69) is 4.98 Å². The van der Waals surface area contributed by atoms with Gasteiger partial charge in [0.2, 0.25) is 0 Å². The quantitative estimate of drug-likeness (QED) is 0.777. The van der Waals surface area contributed by atoms with Crippen molar-refractivity contribution in [3.05, 3.63) is 77.0 Å². The van der Waals surface area contributed by atoms with E-state index in [1.54, 1.807) is 12.1 Å². The van der Waals surface area contributed by atoms with Gasteiger partial charge in [-0.2, -0.15) is 0 Å². The van der Waals surface area contributed by atoms with Crippen molar-refractivity contribution < 1.29 is 9.90 Å². The maximum atomic E-state index is 11.4. The van der Waals surface area contributed by atoms with Crippen LogP contribution in [0, 0.1) is 6.92 Å². The number of carbonyl (C=O) groups is 1. The second kappa shape index (κ2) is 5.82. The van der Waals surface area contributed by atoms with Crippen LogP contribution in [0.5, 0.6) is 0 Å². The van der Waals surface area contributed by atoms with Crippen molar-refractivity contribution in [2.75, 3.05) is 0 Å². The molecule has 1 N–H and O–H groups in total. The number of hydrogen-bond donors (Lipinski definition) is 1. The van der Waals surface area contributed by atoms with Crippen LogP contribution in [0.2, 0.25) is 0 Å². The Balaban J connectivity index is 2.04. The number of carboxylic acid groups (broad SMARTS) is 1. The molecule has 1 heterocycles. The monoisotopic (exact) mass is 289 g/mol. The van der Waals surface area contributed by atoms with Crippen molar-refractivity contribution in [2.45, 2.75) is 6.92 Å². The van der Waals surface area contributed by atoms with Gasteiger partial charge in [-0.25, -0.2) is 9.78 Å². The highest BCUT2D eigenvalue weighted by atomic mass is 16.4. The average Bonchev–Trinajstić information content (AvgIpc) is 2.53. The van der Waals surface area contributed by atoms with Crippen LogP contribution in [-0.2, 0) is 0 Å². The predicted molar refractivity (Wildman–Crippen MR) is 88.8 cm³/mol. The highest BCUT2D eigenvalue weighted by Crippen LogP contribution is 2.19. The van der Waals surface area contributed by atoms with Crippen molar-refractivity contribution in [3.8, 4) is 0 Å². The van der Waals surface area contributed by atoms with Gasteiger partial charge in [-0.15, -0.1) is 0 Å². The van der Waals surface area contributed by atoms with Gasteiger partial charge < -0.3 is 5.11 Å². The van der Waals surface area contributed by atoms with Crippen LogP contribution in [0.15, 0.2) is 54.6 Å². The molecule has 1 aromatic heterocycles. The molecule has 0 atom stereocenters. The highest BCUT2D eigenvalue weighted by Gasteiger charge is 2.10. The van der Waals surface area contributed by atoms with Gasteiger partial charge in [0.25, 0.3) is 0 Å². The minimum atomic E-state index is -0.941. The van der Waals surface area contributed by atoms with Crippen LogP contribution < -0.4 is 0 Å². The first-order chi connectivity index (χ1) is 10.6. The Bertz CT molecular complexity index is 864. The fraction of sp³-hybridized carbons (Fsp3) is 0.0526. The molecule has 0 amide bonds. The van der Waals surface area contributed by atoms with Crippen molar-refractivity contribution in [1.82, 2.24) is 4.98 Å². The van der Waals surface area contributed by atoms with E-state index in [9.17, 15) is 9.90 Å². The van der Waals surface area contributed by atoms with Gasteiger partial charge in [-0.1, -0.05) is 54.1 Å². The molecule has 0 saturated carbocycles. The fourth-order valence-electron chi connectivity index (χ4n) is 2.32. The molecule has 0 unspecified atom stereocenters. The van der Waals surface area contributed by atoms with Gasteiger partial charge in [0.05, 0.1) is 16.8 Å². The zero-order chi connectivity index (χ0) is 15.5. The summed E-state index contributed by atoms with van der Waals surface area (Å²) in [6.45, 7) is 2.04. The molecule has 3 nitrogen and oxygen atoms in total.